The molecule has 0 unspecified atom stereocenters. The Balaban J connectivity index is 1.72. The van der Waals surface area contributed by atoms with Crippen LogP contribution < -0.4 is 10.9 Å². The summed E-state index contributed by atoms with van der Waals surface area (Å²) < 4.78 is 16.6. The average molecular weight is 458 g/mol. The Morgan fingerprint density at radius 1 is 0.909 bits per heavy atom. The van der Waals surface area contributed by atoms with Crippen molar-refractivity contribution >= 4 is 28.7 Å². The van der Waals surface area contributed by atoms with Crippen molar-refractivity contribution in [3.8, 4) is 11.4 Å². The van der Waals surface area contributed by atoms with E-state index >= 15 is 0 Å². The molecule has 164 valence electrons. The van der Waals surface area contributed by atoms with Gasteiger partial charge in [0, 0.05) is 6.54 Å². The van der Waals surface area contributed by atoms with Gasteiger partial charge >= 0.3 is 0 Å². The molecule has 0 spiro atoms. The second-order valence-corrected chi connectivity index (χ2v) is 8.14. The number of nitrogens with zero attached hydrogens (tertiary/aromatic N) is 4. The van der Waals surface area contributed by atoms with E-state index in [1.54, 1.807) is 21.4 Å². The van der Waals surface area contributed by atoms with Gasteiger partial charge in [0.1, 0.15) is 16.2 Å². The highest BCUT2D eigenvalue weighted by molar-refractivity contribution is 7.98. The van der Waals surface area contributed by atoms with Crippen LogP contribution in [-0.4, -0.2) is 25.6 Å². The molecule has 0 atom stereocenters. The van der Waals surface area contributed by atoms with Crippen LogP contribution in [-0.2, 0) is 6.54 Å². The number of thioether (sulfide) groups is 1. The lowest BCUT2D eigenvalue weighted by atomic mass is 10.2. The van der Waals surface area contributed by atoms with Crippen LogP contribution in [0.25, 0.3) is 22.4 Å². The molecule has 8 heteroatoms. The molecule has 0 saturated carbocycles. The zero-order valence-corrected chi connectivity index (χ0v) is 18.6. The Kier molecular flexibility index (Phi) is 5.66. The zero-order valence-electron chi connectivity index (χ0n) is 17.8. The number of anilines is 1. The number of hydrogen-bond acceptors (Lipinski definition) is 5. The molecule has 3 aromatic carbocycles. The Hall–Kier alpha value is -3.91. The highest BCUT2D eigenvalue weighted by Crippen LogP contribution is 2.26. The van der Waals surface area contributed by atoms with Gasteiger partial charge in [-0.15, -0.1) is 11.8 Å². The van der Waals surface area contributed by atoms with Crippen molar-refractivity contribution in [2.75, 3.05) is 11.6 Å². The molecular weight excluding hydrogens is 437 g/mol. The third-order valence-electron chi connectivity index (χ3n) is 5.24. The highest BCUT2D eigenvalue weighted by atomic mass is 32.2. The molecule has 0 aliphatic rings. The molecular formula is C25H20FN5OS. The van der Waals surface area contributed by atoms with Crippen LogP contribution in [0.3, 0.4) is 0 Å². The number of benzene rings is 3. The van der Waals surface area contributed by atoms with E-state index in [0.29, 0.717) is 34.2 Å². The summed E-state index contributed by atoms with van der Waals surface area (Å²) in [7, 11) is 0. The molecule has 5 rings (SSSR count). The number of nitrogens with one attached hydrogen (secondary N) is 1. The van der Waals surface area contributed by atoms with Crippen molar-refractivity contribution in [3.63, 3.8) is 0 Å². The predicted octanol–water partition coefficient (Wildman–Crippen LogP) is 5.04. The number of fused-ring (bicyclic) bond motifs is 1. The van der Waals surface area contributed by atoms with Gasteiger partial charge in [0.15, 0.2) is 5.65 Å². The Bertz CT molecular complexity index is 1460. The normalized spacial score (nSPS) is 11.1. The quantitative estimate of drug-likeness (QED) is 0.362. The number of aromatic nitrogens is 4. The maximum Gasteiger partial charge on any atom is 0.271 e. The topological polar surface area (TPSA) is 64.7 Å². The second-order valence-electron chi connectivity index (χ2n) is 7.35. The minimum absolute atomic E-state index is 0.209. The van der Waals surface area contributed by atoms with E-state index in [9.17, 15) is 9.18 Å². The molecule has 0 aliphatic heterocycles. The van der Waals surface area contributed by atoms with Crippen LogP contribution in [0.2, 0.25) is 0 Å². The SMILES string of the molecule is CSc1nn(-c2ccccc2)c2nc(NCc3ccc(F)cc3)n(-c3ccccc3)c(=O)c12. The van der Waals surface area contributed by atoms with Crippen molar-refractivity contribution in [1.29, 1.82) is 0 Å². The summed E-state index contributed by atoms with van der Waals surface area (Å²) >= 11 is 1.41. The van der Waals surface area contributed by atoms with Gasteiger partial charge in [0.05, 0.1) is 11.4 Å². The maximum atomic E-state index is 13.8. The molecule has 0 saturated heterocycles. The average Bonchev–Trinajstić information content (AvgIpc) is 3.24. The van der Waals surface area contributed by atoms with Crippen molar-refractivity contribution in [3.05, 3.63) is 107 Å². The first-order chi connectivity index (χ1) is 16.2. The van der Waals surface area contributed by atoms with Gasteiger partial charge in [-0.25, -0.2) is 13.6 Å². The summed E-state index contributed by atoms with van der Waals surface area (Å²) in [5, 5.41) is 9.02. The second kappa shape index (κ2) is 8.91. The van der Waals surface area contributed by atoms with Gasteiger partial charge in [-0.05, 0) is 48.2 Å². The van der Waals surface area contributed by atoms with Gasteiger partial charge < -0.3 is 5.32 Å². The Morgan fingerprint density at radius 3 is 2.18 bits per heavy atom. The first kappa shape index (κ1) is 21.0. The third-order valence-corrected chi connectivity index (χ3v) is 5.91. The lowest BCUT2D eigenvalue weighted by molar-refractivity contribution is 0.627. The Morgan fingerprint density at radius 2 is 1.55 bits per heavy atom. The lowest BCUT2D eigenvalue weighted by Gasteiger charge is -2.14. The molecule has 33 heavy (non-hydrogen) atoms. The predicted molar refractivity (Wildman–Crippen MR) is 130 cm³/mol. The molecule has 0 radical (unpaired) electrons. The number of halogens is 1. The largest absolute Gasteiger partial charge is 0.351 e. The minimum Gasteiger partial charge on any atom is -0.351 e. The fourth-order valence-corrected chi connectivity index (χ4v) is 4.20. The summed E-state index contributed by atoms with van der Waals surface area (Å²) in [6, 6.07) is 25.2. The molecule has 0 bridgehead atoms. The van der Waals surface area contributed by atoms with Crippen LogP contribution in [0.1, 0.15) is 5.56 Å². The first-order valence-electron chi connectivity index (χ1n) is 10.3. The van der Waals surface area contributed by atoms with Crippen molar-refractivity contribution in [2.24, 2.45) is 0 Å². The van der Waals surface area contributed by atoms with Gasteiger partial charge in [-0.1, -0.05) is 48.5 Å². The highest BCUT2D eigenvalue weighted by Gasteiger charge is 2.21. The van der Waals surface area contributed by atoms with E-state index in [1.807, 2.05) is 66.9 Å². The lowest BCUT2D eigenvalue weighted by Crippen LogP contribution is -2.24. The van der Waals surface area contributed by atoms with Gasteiger partial charge in [-0.2, -0.15) is 10.1 Å². The van der Waals surface area contributed by atoms with E-state index in [-0.39, 0.29) is 11.4 Å². The molecule has 6 nitrogen and oxygen atoms in total. The zero-order chi connectivity index (χ0) is 22.8. The summed E-state index contributed by atoms with van der Waals surface area (Å²) in [4.78, 5) is 18.7. The van der Waals surface area contributed by atoms with Gasteiger partial charge in [0.25, 0.3) is 5.56 Å². The van der Waals surface area contributed by atoms with Crippen molar-refractivity contribution in [2.45, 2.75) is 11.6 Å². The summed E-state index contributed by atoms with van der Waals surface area (Å²) in [6.45, 7) is 0.375. The summed E-state index contributed by atoms with van der Waals surface area (Å²) in [5.74, 6) is 0.0867. The fraction of sp³-hybridized carbons (Fsp3) is 0.0800. The maximum absolute atomic E-state index is 13.8. The minimum atomic E-state index is -0.296. The van der Waals surface area contributed by atoms with E-state index in [1.165, 1.54) is 23.9 Å². The van der Waals surface area contributed by atoms with E-state index in [0.717, 1.165) is 11.3 Å². The van der Waals surface area contributed by atoms with Crippen LogP contribution in [0.15, 0.2) is 94.7 Å². The third kappa shape index (κ3) is 4.01. The van der Waals surface area contributed by atoms with E-state index in [4.69, 9.17) is 4.98 Å². The smallest absolute Gasteiger partial charge is 0.271 e. The summed E-state index contributed by atoms with van der Waals surface area (Å²) in [6.07, 6.45) is 1.89. The monoisotopic (exact) mass is 457 g/mol. The fourth-order valence-electron chi connectivity index (χ4n) is 3.65. The molecule has 0 fully saturated rings. The standard InChI is InChI=1S/C25H20FN5OS/c1-33-23-21-22(31(29-23)20-10-6-3-7-11-20)28-25(27-16-17-12-14-18(26)15-13-17)30(24(21)32)19-8-4-2-5-9-19/h2-15H,16H2,1H3,(H,27,28). The van der Waals surface area contributed by atoms with Crippen molar-refractivity contribution < 1.29 is 4.39 Å². The van der Waals surface area contributed by atoms with E-state index < -0.39 is 0 Å². The Labute approximate surface area is 193 Å². The summed E-state index contributed by atoms with van der Waals surface area (Å²) in [5.41, 5.74) is 2.64. The van der Waals surface area contributed by atoms with Gasteiger partial charge in [0.2, 0.25) is 5.95 Å². The molecule has 5 aromatic rings. The van der Waals surface area contributed by atoms with E-state index in [2.05, 4.69) is 10.4 Å². The van der Waals surface area contributed by atoms with Crippen LogP contribution in [0.4, 0.5) is 10.3 Å². The number of rotatable bonds is 6. The first-order valence-corrected chi connectivity index (χ1v) is 11.6. The van der Waals surface area contributed by atoms with Crippen LogP contribution in [0.5, 0.6) is 0 Å². The molecule has 2 heterocycles. The number of hydrogen-bond donors (Lipinski definition) is 1. The molecule has 1 N–H and O–H groups in total. The van der Waals surface area contributed by atoms with Crippen LogP contribution >= 0.6 is 11.8 Å². The van der Waals surface area contributed by atoms with Crippen LogP contribution in [0, 0.1) is 5.82 Å². The molecule has 0 aliphatic carbocycles. The number of para-hydroxylation sites is 2. The van der Waals surface area contributed by atoms with Gasteiger partial charge in [-0.3, -0.25) is 4.79 Å². The van der Waals surface area contributed by atoms with Crippen molar-refractivity contribution in [1.82, 2.24) is 19.3 Å². The molecule has 2 aromatic heterocycles. The molecule has 0 amide bonds.